The van der Waals surface area contributed by atoms with Crippen molar-refractivity contribution in [1.82, 2.24) is 0 Å². The van der Waals surface area contributed by atoms with Crippen molar-refractivity contribution in [3.05, 3.63) is 68.9 Å². The van der Waals surface area contributed by atoms with Crippen LogP contribution in [0, 0.1) is 24.4 Å². The molecule has 0 aliphatic carbocycles. The van der Waals surface area contributed by atoms with Crippen molar-refractivity contribution in [2.24, 2.45) is 0 Å². The molecular weight excluding hydrogens is 321 g/mol. The molecule has 0 saturated carbocycles. The fraction of sp³-hybridized carbons (Fsp3) is 0.143. The number of halogens is 4. The van der Waals surface area contributed by atoms with Gasteiger partial charge >= 0.3 is 0 Å². The molecule has 0 spiro atoms. The monoisotopic (exact) mass is 330 g/mol. The zero-order chi connectivity index (χ0) is 14.2. The minimum absolute atomic E-state index is 0.368. The highest BCUT2D eigenvalue weighted by atomic mass is 79.9. The lowest BCUT2D eigenvalue weighted by molar-refractivity contribution is 0.208. The normalized spacial score (nSPS) is 12.5. The molecule has 1 unspecified atom stereocenters. The van der Waals surface area contributed by atoms with Crippen molar-refractivity contribution < 1.29 is 18.3 Å². The van der Waals surface area contributed by atoms with Crippen LogP contribution in [0.15, 0.2) is 34.8 Å². The van der Waals surface area contributed by atoms with E-state index in [-0.39, 0.29) is 0 Å². The largest absolute Gasteiger partial charge is 0.383 e. The summed E-state index contributed by atoms with van der Waals surface area (Å²) < 4.78 is 40.8. The van der Waals surface area contributed by atoms with E-state index in [9.17, 15) is 18.3 Å². The van der Waals surface area contributed by atoms with Crippen molar-refractivity contribution in [2.75, 3.05) is 0 Å². The van der Waals surface area contributed by atoms with Gasteiger partial charge in [0.2, 0.25) is 0 Å². The Labute approximate surface area is 116 Å². The highest BCUT2D eigenvalue weighted by Gasteiger charge is 2.22. The lowest BCUT2D eigenvalue weighted by Crippen LogP contribution is -2.08. The van der Waals surface area contributed by atoms with E-state index in [4.69, 9.17) is 0 Å². The minimum Gasteiger partial charge on any atom is -0.383 e. The van der Waals surface area contributed by atoms with E-state index in [0.29, 0.717) is 23.3 Å². The Bertz CT molecular complexity index is 605. The van der Waals surface area contributed by atoms with Gasteiger partial charge in [0.1, 0.15) is 23.6 Å². The Balaban J connectivity index is 2.53. The number of hydrogen-bond donors (Lipinski definition) is 1. The van der Waals surface area contributed by atoms with E-state index in [1.807, 2.05) is 0 Å². The van der Waals surface area contributed by atoms with Crippen molar-refractivity contribution in [2.45, 2.75) is 13.0 Å². The molecule has 2 rings (SSSR count). The molecule has 5 heteroatoms. The second-order valence-corrected chi connectivity index (χ2v) is 5.10. The molecule has 0 saturated heterocycles. The van der Waals surface area contributed by atoms with E-state index in [0.717, 1.165) is 4.47 Å². The van der Waals surface area contributed by atoms with Gasteiger partial charge in [-0.3, -0.25) is 0 Å². The Morgan fingerprint density at radius 2 is 1.63 bits per heavy atom. The summed E-state index contributed by atoms with van der Waals surface area (Å²) in [6, 6.07) is 6.04. The van der Waals surface area contributed by atoms with E-state index in [1.54, 1.807) is 25.1 Å². The highest BCUT2D eigenvalue weighted by Crippen LogP contribution is 2.30. The maximum absolute atomic E-state index is 13.6. The first-order valence-electron chi connectivity index (χ1n) is 5.48. The molecule has 1 nitrogen and oxygen atoms in total. The van der Waals surface area contributed by atoms with Crippen LogP contribution >= 0.6 is 15.9 Å². The molecule has 100 valence electrons. The van der Waals surface area contributed by atoms with Gasteiger partial charge in [0.25, 0.3) is 0 Å². The van der Waals surface area contributed by atoms with Crippen LogP contribution in [0.5, 0.6) is 0 Å². The fourth-order valence-corrected chi connectivity index (χ4v) is 2.39. The SMILES string of the molecule is Cc1cc(Br)ccc1C(O)c1c(F)cc(F)cc1F. The number of aliphatic hydroxyl groups is 1. The van der Waals surface area contributed by atoms with Gasteiger partial charge in [0.15, 0.2) is 0 Å². The van der Waals surface area contributed by atoms with Crippen molar-refractivity contribution in [1.29, 1.82) is 0 Å². The highest BCUT2D eigenvalue weighted by molar-refractivity contribution is 9.10. The van der Waals surface area contributed by atoms with E-state index >= 15 is 0 Å². The maximum atomic E-state index is 13.6. The molecule has 2 aromatic rings. The van der Waals surface area contributed by atoms with Crippen LogP contribution in [-0.4, -0.2) is 5.11 Å². The summed E-state index contributed by atoms with van der Waals surface area (Å²) >= 11 is 3.26. The lowest BCUT2D eigenvalue weighted by Gasteiger charge is -2.16. The second-order valence-electron chi connectivity index (χ2n) is 4.19. The number of aryl methyl sites for hydroxylation is 1. The van der Waals surface area contributed by atoms with Crippen LogP contribution in [0.25, 0.3) is 0 Å². The van der Waals surface area contributed by atoms with Crippen LogP contribution in [0.4, 0.5) is 13.2 Å². The van der Waals surface area contributed by atoms with Crippen LogP contribution in [0.1, 0.15) is 22.8 Å². The summed E-state index contributed by atoms with van der Waals surface area (Å²) in [5.74, 6) is -3.22. The molecule has 0 fully saturated rings. The first-order chi connectivity index (χ1) is 8.90. The molecule has 0 bridgehead atoms. The molecule has 0 amide bonds. The van der Waals surface area contributed by atoms with Crippen LogP contribution < -0.4 is 0 Å². The summed E-state index contributed by atoms with van der Waals surface area (Å²) in [5, 5.41) is 10.1. The van der Waals surface area contributed by atoms with Gasteiger partial charge in [0.05, 0.1) is 5.56 Å². The number of rotatable bonds is 2. The topological polar surface area (TPSA) is 20.2 Å². The Kier molecular flexibility index (Phi) is 3.96. The molecule has 1 N–H and O–H groups in total. The quantitative estimate of drug-likeness (QED) is 0.872. The van der Waals surface area contributed by atoms with E-state index in [1.165, 1.54) is 0 Å². The molecule has 1 atom stereocenters. The minimum atomic E-state index is -1.48. The summed E-state index contributed by atoms with van der Waals surface area (Å²) in [5.41, 5.74) is 0.490. The molecule has 0 radical (unpaired) electrons. The average molecular weight is 331 g/mol. The zero-order valence-corrected chi connectivity index (χ0v) is 11.5. The van der Waals surface area contributed by atoms with Crippen molar-refractivity contribution in [3.63, 3.8) is 0 Å². The van der Waals surface area contributed by atoms with Crippen molar-refractivity contribution in [3.8, 4) is 0 Å². The predicted octanol–water partition coefficient (Wildman–Crippen LogP) is 4.26. The molecular formula is C14H10BrF3O. The molecule has 2 aromatic carbocycles. The Morgan fingerprint density at radius 1 is 1.05 bits per heavy atom. The van der Waals surface area contributed by atoms with Crippen LogP contribution in [0.3, 0.4) is 0 Å². The first kappa shape index (κ1) is 14.1. The van der Waals surface area contributed by atoms with E-state index < -0.39 is 29.1 Å². The van der Waals surface area contributed by atoms with Gasteiger partial charge in [-0.25, -0.2) is 13.2 Å². The van der Waals surface area contributed by atoms with Gasteiger partial charge in [-0.15, -0.1) is 0 Å². The first-order valence-corrected chi connectivity index (χ1v) is 6.28. The fourth-order valence-electron chi connectivity index (χ4n) is 1.92. The molecule has 0 aliphatic heterocycles. The molecule has 0 aromatic heterocycles. The Hall–Kier alpha value is -1.33. The summed E-state index contributed by atoms with van der Waals surface area (Å²) in [7, 11) is 0. The summed E-state index contributed by atoms with van der Waals surface area (Å²) in [4.78, 5) is 0. The van der Waals surface area contributed by atoms with Crippen LogP contribution in [0.2, 0.25) is 0 Å². The standard InChI is InChI=1S/C14H10BrF3O/c1-7-4-8(15)2-3-10(7)14(19)13-11(17)5-9(16)6-12(13)18/h2-6,14,19H,1H3. The number of aliphatic hydroxyl groups excluding tert-OH is 1. The number of hydrogen-bond acceptors (Lipinski definition) is 1. The van der Waals surface area contributed by atoms with Gasteiger partial charge in [0, 0.05) is 16.6 Å². The van der Waals surface area contributed by atoms with E-state index in [2.05, 4.69) is 15.9 Å². The molecule has 0 aliphatic rings. The third-order valence-electron chi connectivity index (χ3n) is 2.84. The second kappa shape index (κ2) is 5.35. The Morgan fingerprint density at radius 3 is 2.16 bits per heavy atom. The summed E-state index contributed by atoms with van der Waals surface area (Å²) in [6.07, 6.45) is -1.48. The predicted molar refractivity (Wildman–Crippen MR) is 69.3 cm³/mol. The lowest BCUT2D eigenvalue weighted by atomic mass is 9.97. The van der Waals surface area contributed by atoms with Crippen molar-refractivity contribution >= 4 is 15.9 Å². The summed E-state index contributed by atoms with van der Waals surface area (Å²) in [6.45, 7) is 1.71. The number of benzene rings is 2. The third kappa shape index (κ3) is 2.82. The average Bonchev–Trinajstić information content (AvgIpc) is 2.26. The third-order valence-corrected chi connectivity index (χ3v) is 3.34. The molecule has 19 heavy (non-hydrogen) atoms. The van der Waals surface area contributed by atoms with Gasteiger partial charge < -0.3 is 5.11 Å². The molecule has 0 heterocycles. The van der Waals surface area contributed by atoms with Crippen LogP contribution in [-0.2, 0) is 0 Å². The maximum Gasteiger partial charge on any atom is 0.135 e. The van der Waals surface area contributed by atoms with Gasteiger partial charge in [-0.05, 0) is 30.2 Å². The smallest absolute Gasteiger partial charge is 0.135 e. The zero-order valence-electron chi connectivity index (χ0n) is 9.92. The van der Waals surface area contributed by atoms with Gasteiger partial charge in [-0.1, -0.05) is 22.0 Å². The van der Waals surface area contributed by atoms with Gasteiger partial charge in [-0.2, -0.15) is 0 Å².